The molecule has 2 heterocycles. The average Bonchev–Trinajstić information content (AvgIpc) is 3.21. The minimum absolute atomic E-state index is 0.0459. The van der Waals surface area contributed by atoms with Crippen molar-refractivity contribution in [3.8, 4) is 11.5 Å². The number of aliphatic carboxylic acids is 1. The van der Waals surface area contributed by atoms with Crippen molar-refractivity contribution in [2.45, 2.75) is 31.0 Å². The minimum atomic E-state index is -2.28. The molecule has 1 saturated heterocycles. The second-order valence-corrected chi connectivity index (χ2v) is 13.7. The number of pyridine rings is 1. The molecule has 13 heteroatoms. The van der Waals surface area contributed by atoms with Crippen LogP contribution in [-0.4, -0.2) is 87.4 Å². The molecule has 0 bridgehead atoms. The molecule has 0 saturated carbocycles. The van der Waals surface area contributed by atoms with Gasteiger partial charge in [0.1, 0.15) is 11.5 Å². The number of hydrogen-bond acceptors (Lipinski definition) is 9. The number of ether oxygens (including phenoxy) is 1. The van der Waals surface area contributed by atoms with Crippen LogP contribution in [0.4, 0.5) is 0 Å². The molecular formula is C42H44N4O9. The number of fused-ring (bicyclic) bond motifs is 1. The van der Waals surface area contributed by atoms with Crippen LogP contribution in [0.2, 0.25) is 0 Å². The van der Waals surface area contributed by atoms with E-state index < -0.39 is 17.7 Å². The number of rotatable bonds is 15. The zero-order valence-electron chi connectivity index (χ0n) is 30.1. The van der Waals surface area contributed by atoms with Gasteiger partial charge in [0.05, 0.1) is 11.6 Å². The van der Waals surface area contributed by atoms with Gasteiger partial charge in [-0.25, -0.2) is 4.79 Å². The van der Waals surface area contributed by atoms with Crippen LogP contribution in [-0.2, 0) is 21.6 Å². The van der Waals surface area contributed by atoms with Crippen LogP contribution >= 0.6 is 0 Å². The summed E-state index contributed by atoms with van der Waals surface area (Å²) in [5.41, 5.74) is 0.194. The number of carbonyl (C=O) groups is 3. The van der Waals surface area contributed by atoms with Crippen molar-refractivity contribution >= 4 is 28.7 Å². The molecule has 13 nitrogen and oxygen atoms in total. The number of aromatic hydroxyl groups is 1. The van der Waals surface area contributed by atoms with Crippen molar-refractivity contribution in [1.82, 2.24) is 20.5 Å². The van der Waals surface area contributed by atoms with Crippen LogP contribution in [0.3, 0.4) is 0 Å². The molecule has 6 rings (SSSR count). The van der Waals surface area contributed by atoms with Gasteiger partial charge < -0.3 is 45.7 Å². The van der Waals surface area contributed by atoms with Crippen molar-refractivity contribution in [2.24, 2.45) is 5.92 Å². The van der Waals surface area contributed by atoms with Crippen LogP contribution in [0.5, 0.6) is 11.5 Å². The Labute approximate surface area is 317 Å². The van der Waals surface area contributed by atoms with Gasteiger partial charge in [0.2, 0.25) is 11.2 Å². The van der Waals surface area contributed by atoms with Gasteiger partial charge in [-0.1, -0.05) is 60.7 Å². The number of amides is 2. The largest absolute Gasteiger partial charge is 0.506 e. The van der Waals surface area contributed by atoms with E-state index in [1.165, 1.54) is 36.4 Å². The molecule has 4 aromatic carbocycles. The van der Waals surface area contributed by atoms with Crippen LogP contribution in [0.1, 0.15) is 51.6 Å². The van der Waals surface area contributed by atoms with E-state index in [0.717, 1.165) is 18.4 Å². The van der Waals surface area contributed by atoms with Crippen LogP contribution < -0.4 is 20.9 Å². The maximum atomic E-state index is 13.2. The number of carbonyl (C=O) groups excluding carboxylic acids is 2. The molecule has 0 radical (unpaired) electrons. The summed E-state index contributed by atoms with van der Waals surface area (Å²) >= 11 is 0. The van der Waals surface area contributed by atoms with E-state index in [4.69, 9.17) is 4.74 Å². The Bertz CT molecular complexity index is 2180. The van der Waals surface area contributed by atoms with Crippen LogP contribution in [0, 0.1) is 5.92 Å². The Balaban J connectivity index is 0.901. The standard InChI is InChI=1S/C42H44N4O9/c47-35-15-13-33(34-14-16-37(49)45-39(34)35)36(48)25-43-20-17-27-9-11-29(12-10-27)40(51)46-21-18-28(19-22-46)24-44-38(50)26-55-32-8-4-7-31(23-32)42(54,41(52)53)30-5-2-1-3-6-30/h1-16,23,28,36,43,47-48,54H,17-22,24-26H2,(H,44,50)(H,45,49)(H,52,53). The van der Waals surface area contributed by atoms with E-state index in [1.54, 1.807) is 42.5 Å². The van der Waals surface area contributed by atoms with Gasteiger partial charge in [-0.3, -0.25) is 14.4 Å². The lowest BCUT2D eigenvalue weighted by molar-refractivity contribution is -0.155. The Kier molecular flexibility index (Phi) is 12.3. The Morgan fingerprint density at radius 2 is 1.64 bits per heavy atom. The van der Waals surface area contributed by atoms with E-state index in [0.29, 0.717) is 49.1 Å². The second kappa shape index (κ2) is 17.4. The third kappa shape index (κ3) is 9.20. The molecule has 1 fully saturated rings. The van der Waals surface area contributed by atoms with Crippen molar-refractivity contribution < 1.29 is 39.5 Å². The number of benzene rings is 4. The van der Waals surface area contributed by atoms with Crippen molar-refractivity contribution in [3.63, 3.8) is 0 Å². The first-order chi connectivity index (χ1) is 26.5. The first-order valence-electron chi connectivity index (χ1n) is 18.2. The fraction of sp³-hybridized carbons (Fsp3) is 0.286. The SMILES string of the molecule is O=C(COc1cccc(C(O)(C(=O)O)c2ccccc2)c1)NCC1CCN(C(=O)c2ccc(CCNCC(O)c3ccc(O)c4[nH]c(=O)ccc34)cc2)CC1. The maximum absolute atomic E-state index is 13.2. The van der Waals surface area contributed by atoms with Crippen LogP contribution in [0.25, 0.3) is 10.9 Å². The van der Waals surface area contributed by atoms with Gasteiger partial charge in [0.25, 0.3) is 11.8 Å². The highest BCUT2D eigenvalue weighted by Crippen LogP contribution is 2.32. The lowest BCUT2D eigenvalue weighted by atomic mass is 9.86. The molecule has 5 aromatic rings. The normalized spacial score (nSPS) is 14.9. The van der Waals surface area contributed by atoms with Gasteiger partial charge in [0.15, 0.2) is 6.61 Å². The Morgan fingerprint density at radius 1 is 0.909 bits per heavy atom. The number of aromatic nitrogens is 1. The predicted molar refractivity (Wildman–Crippen MR) is 205 cm³/mol. The number of aromatic amines is 1. The molecule has 1 aromatic heterocycles. The number of carboxylic acid groups (broad SMARTS) is 1. The highest BCUT2D eigenvalue weighted by atomic mass is 16.5. The van der Waals surface area contributed by atoms with Crippen molar-refractivity contribution in [1.29, 1.82) is 0 Å². The zero-order chi connectivity index (χ0) is 39.0. The topological polar surface area (TPSA) is 202 Å². The molecule has 0 aliphatic carbocycles. The molecule has 2 unspecified atom stereocenters. The number of phenols is 1. The molecular weight excluding hydrogens is 704 g/mol. The summed E-state index contributed by atoms with van der Waals surface area (Å²) in [5, 5.41) is 48.6. The summed E-state index contributed by atoms with van der Waals surface area (Å²) in [5.74, 6) is -1.43. The van der Waals surface area contributed by atoms with Gasteiger partial charge in [-0.15, -0.1) is 0 Å². The fourth-order valence-corrected chi connectivity index (χ4v) is 6.83. The minimum Gasteiger partial charge on any atom is -0.506 e. The summed E-state index contributed by atoms with van der Waals surface area (Å²) in [6.45, 7) is 2.14. The number of aliphatic hydroxyl groups excluding tert-OH is 1. The summed E-state index contributed by atoms with van der Waals surface area (Å²) in [4.78, 5) is 54.0. The summed E-state index contributed by atoms with van der Waals surface area (Å²) in [6, 6.07) is 27.6. The fourth-order valence-electron chi connectivity index (χ4n) is 6.83. The maximum Gasteiger partial charge on any atom is 0.345 e. The van der Waals surface area contributed by atoms with E-state index in [9.17, 15) is 39.6 Å². The third-order valence-corrected chi connectivity index (χ3v) is 10.0. The zero-order valence-corrected chi connectivity index (χ0v) is 30.1. The number of hydrogen-bond donors (Lipinski definition) is 7. The van der Waals surface area contributed by atoms with Gasteiger partial charge in [-0.05, 0) is 84.8 Å². The number of nitrogens with zero attached hydrogens (tertiary/aromatic N) is 1. The first kappa shape index (κ1) is 38.7. The number of aliphatic hydroxyl groups is 2. The lowest BCUT2D eigenvalue weighted by Gasteiger charge is -2.32. The first-order valence-corrected chi connectivity index (χ1v) is 18.2. The number of piperidine rings is 1. The number of carboxylic acids is 1. The van der Waals surface area contributed by atoms with Gasteiger partial charge in [-0.2, -0.15) is 0 Å². The van der Waals surface area contributed by atoms with Gasteiger partial charge in [0, 0.05) is 48.8 Å². The molecule has 2 amide bonds. The molecule has 286 valence electrons. The molecule has 7 N–H and O–H groups in total. The van der Waals surface area contributed by atoms with E-state index in [2.05, 4.69) is 15.6 Å². The highest BCUT2D eigenvalue weighted by Gasteiger charge is 2.40. The monoisotopic (exact) mass is 748 g/mol. The van der Waals surface area contributed by atoms with Crippen molar-refractivity contribution in [2.75, 3.05) is 39.3 Å². The molecule has 55 heavy (non-hydrogen) atoms. The van der Waals surface area contributed by atoms with E-state index >= 15 is 0 Å². The number of nitrogens with one attached hydrogen (secondary N) is 3. The Morgan fingerprint density at radius 3 is 2.36 bits per heavy atom. The third-order valence-electron chi connectivity index (χ3n) is 10.0. The molecule has 0 spiro atoms. The quantitative estimate of drug-likeness (QED) is 0.0778. The van der Waals surface area contributed by atoms with Crippen molar-refractivity contribution in [3.05, 3.63) is 141 Å². The number of H-pyrrole nitrogens is 1. The highest BCUT2D eigenvalue weighted by molar-refractivity contribution is 5.94. The van der Waals surface area contributed by atoms with E-state index in [-0.39, 0.29) is 64.6 Å². The lowest BCUT2D eigenvalue weighted by Crippen LogP contribution is -2.42. The Hall–Kier alpha value is -6.02. The second-order valence-electron chi connectivity index (χ2n) is 13.7. The number of likely N-dealkylation sites (tertiary alicyclic amines) is 1. The number of phenolic OH excluding ortho intramolecular Hbond substituents is 1. The van der Waals surface area contributed by atoms with Gasteiger partial charge >= 0.3 is 5.97 Å². The predicted octanol–water partition coefficient (Wildman–Crippen LogP) is 3.47. The molecule has 1 aliphatic heterocycles. The summed E-state index contributed by atoms with van der Waals surface area (Å²) in [6.07, 6.45) is 1.29. The van der Waals surface area contributed by atoms with Crippen LogP contribution in [0.15, 0.2) is 108 Å². The smallest absolute Gasteiger partial charge is 0.345 e. The summed E-state index contributed by atoms with van der Waals surface area (Å²) < 4.78 is 5.64. The molecule has 1 aliphatic rings. The summed E-state index contributed by atoms with van der Waals surface area (Å²) in [7, 11) is 0. The average molecular weight is 749 g/mol. The molecule has 2 atom stereocenters. The van der Waals surface area contributed by atoms with E-state index in [1.807, 2.05) is 29.2 Å².